The molecule has 1 aliphatic heterocycles. The average Bonchev–Trinajstić information content (AvgIpc) is 2.90. The minimum Gasteiger partial charge on any atom is -0.365 e. The molecule has 21 heavy (non-hydrogen) atoms. The van der Waals surface area contributed by atoms with E-state index in [1.54, 1.807) is 17.2 Å². The molecule has 0 radical (unpaired) electrons. The Labute approximate surface area is 130 Å². The normalized spacial score (nSPS) is 18.0. The number of aromatic amines is 1. The van der Waals surface area contributed by atoms with Gasteiger partial charge in [-0.15, -0.1) is 12.4 Å². The summed E-state index contributed by atoms with van der Waals surface area (Å²) in [6, 6.07) is 1.79. The van der Waals surface area contributed by atoms with E-state index in [9.17, 15) is 9.59 Å². The van der Waals surface area contributed by atoms with Gasteiger partial charge in [-0.05, 0) is 25.8 Å². The van der Waals surface area contributed by atoms with Crippen molar-refractivity contribution < 1.29 is 9.59 Å². The van der Waals surface area contributed by atoms with Crippen LogP contribution in [0.3, 0.4) is 0 Å². The van der Waals surface area contributed by atoms with Gasteiger partial charge in [-0.1, -0.05) is 0 Å². The lowest BCUT2D eigenvalue weighted by molar-refractivity contribution is -0.126. The van der Waals surface area contributed by atoms with Gasteiger partial charge in [0.2, 0.25) is 5.91 Å². The molecule has 0 spiro atoms. The van der Waals surface area contributed by atoms with Crippen LogP contribution in [0.25, 0.3) is 0 Å². The molecule has 1 aromatic rings. The maximum atomic E-state index is 12.4. The third-order valence-corrected chi connectivity index (χ3v) is 3.71. The number of H-pyrrole nitrogens is 1. The molecule has 1 aliphatic rings. The zero-order valence-corrected chi connectivity index (χ0v) is 13.0. The summed E-state index contributed by atoms with van der Waals surface area (Å²) in [5, 5.41) is 2.80. The number of halogens is 1. The first-order valence-electron chi connectivity index (χ1n) is 7.04. The van der Waals surface area contributed by atoms with Gasteiger partial charge in [0.25, 0.3) is 5.91 Å². The first-order chi connectivity index (χ1) is 9.63. The van der Waals surface area contributed by atoms with Crippen LogP contribution >= 0.6 is 12.4 Å². The topological polar surface area (TPSA) is 91.2 Å². The van der Waals surface area contributed by atoms with E-state index < -0.39 is 0 Å². The Morgan fingerprint density at radius 1 is 1.52 bits per heavy atom. The molecule has 2 heterocycles. The number of hydrogen-bond donors (Lipinski definition) is 3. The molecule has 4 N–H and O–H groups in total. The molecule has 2 amide bonds. The second-order valence-electron chi connectivity index (χ2n) is 5.19. The van der Waals surface area contributed by atoms with Crippen molar-refractivity contribution in [2.45, 2.75) is 19.8 Å². The summed E-state index contributed by atoms with van der Waals surface area (Å²) >= 11 is 0. The maximum Gasteiger partial charge on any atom is 0.255 e. The number of piperidine rings is 1. The molecule has 1 unspecified atom stereocenters. The zero-order chi connectivity index (χ0) is 14.5. The van der Waals surface area contributed by atoms with Gasteiger partial charge in [0.1, 0.15) is 0 Å². The van der Waals surface area contributed by atoms with E-state index in [1.165, 1.54) is 0 Å². The highest BCUT2D eigenvalue weighted by molar-refractivity contribution is 5.95. The highest BCUT2D eigenvalue weighted by Crippen LogP contribution is 2.19. The highest BCUT2D eigenvalue weighted by atomic mass is 35.5. The molecule has 0 bridgehead atoms. The van der Waals surface area contributed by atoms with E-state index in [2.05, 4.69) is 10.3 Å². The van der Waals surface area contributed by atoms with E-state index in [4.69, 9.17) is 5.73 Å². The van der Waals surface area contributed by atoms with Crippen molar-refractivity contribution >= 4 is 24.2 Å². The van der Waals surface area contributed by atoms with Crippen molar-refractivity contribution in [1.82, 2.24) is 15.2 Å². The summed E-state index contributed by atoms with van der Waals surface area (Å²) < 4.78 is 0. The van der Waals surface area contributed by atoms with Crippen molar-refractivity contribution in [3.05, 3.63) is 23.5 Å². The van der Waals surface area contributed by atoms with Crippen LogP contribution in [0.5, 0.6) is 0 Å². The second kappa shape index (κ2) is 8.05. The summed E-state index contributed by atoms with van der Waals surface area (Å²) in [5.74, 6) is -0.127. The minimum absolute atomic E-state index is 0. The Morgan fingerprint density at radius 3 is 2.90 bits per heavy atom. The first kappa shape index (κ1) is 17.5. The summed E-state index contributed by atoms with van der Waals surface area (Å²) in [5.41, 5.74) is 6.93. The van der Waals surface area contributed by atoms with Gasteiger partial charge in [0, 0.05) is 38.1 Å². The van der Waals surface area contributed by atoms with E-state index in [-0.39, 0.29) is 30.1 Å². The number of amides is 2. The molecular formula is C14H23ClN4O2. The average molecular weight is 315 g/mol. The lowest BCUT2D eigenvalue weighted by Gasteiger charge is -2.32. The van der Waals surface area contributed by atoms with Crippen LogP contribution in [0, 0.1) is 12.8 Å². The van der Waals surface area contributed by atoms with E-state index in [0.717, 1.165) is 18.5 Å². The third kappa shape index (κ3) is 4.22. The first-order valence-corrected chi connectivity index (χ1v) is 7.04. The molecule has 2 rings (SSSR count). The van der Waals surface area contributed by atoms with Gasteiger partial charge in [-0.2, -0.15) is 0 Å². The van der Waals surface area contributed by atoms with Gasteiger partial charge in [0.05, 0.1) is 11.5 Å². The van der Waals surface area contributed by atoms with E-state index in [1.807, 2.05) is 6.92 Å². The van der Waals surface area contributed by atoms with Crippen molar-refractivity contribution in [2.75, 3.05) is 26.2 Å². The fourth-order valence-electron chi connectivity index (χ4n) is 2.57. The fourth-order valence-corrected chi connectivity index (χ4v) is 2.57. The number of likely N-dealkylation sites (tertiary alicyclic amines) is 1. The number of aryl methyl sites for hydroxylation is 1. The molecule has 0 aromatic carbocycles. The van der Waals surface area contributed by atoms with Gasteiger partial charge < -0.3 is 20.9 Å². The van der Waals surface area contributed by atoms with Gasteiger partial charge in [0.15, 0.2) is 0 Å². The predicted octanol–water partition coefficient (Wildman–Crippen LogP) is 0.672. The molecule has 1 fully saturated rings. The fraction of sp³-hybridized carbons (Fsp3) is 0.571. The van der Waals surface area contributed by atoms with Crippen molar-refractivity contribution in [2.24, 2.45) is 11.7 Å². The molecule has 0 aliphatic carbocycles. The number of aromatic nitrogens is 1. The number of nitrogens with zero attached hydrogens (tertiary/aromatic N) is 1. The largest absolute Gasteiger partial charge is 0.365 e. The van der Waals surface area contributed by atoms with Gasteiger partial charge >= 0.3 is 0 Å². The van der Waals surface area contributed by atoms with Crippen LogP contribution < -0.4 is 11.1 Å². The standard InChI is InChI=1S/C14H22N4O2.ClH/c1-10-12(4-6-16-10)14(20)18-8-2-3-11(9-18)13(19)17-7-5-15;/h4,6,11,16H,2-3,5,7-9,15H2,1H3,(H,17,19);1H. The Balaban J connectivity index is 0.00000220. The number of rotatable bonds is 4. The van der Waals surface area contributed by atoms with Gasteiger partial charge in [-0.3, -0.25) is 9.59 Å². The van der Waals surface area contributed by atoms with Crippen molar-refractivity contribution in [3.63, 3.8) is 0 Å². The van der Waals surface area contributed by atoms with Crippen LogP contribution in [0.4, 0.5) is 0 Å². The molecular weight excluding hydrogens is 292 g/mol. The molecule has 7 heteroatoms. The Kier molecular flexibility index (Phi) is 6.71. The molecule has 1 atom stereocenters. The Hall–Kier alpha value is -1.53. The number of carbonyl (C=O) groups excluding carboxylic acids is 2. The Bertz CT molecular complexity index is 489. The van der Waals surface area contributed by atoms with Gasteiger partial charge in [-0.25, -0.2) is 0 Å². The van der Waals surface area contributed by atoms with Crippen LogP contribution in [-0.4, -0.2) is 47.9 Å². The molecule has 0 saturated carbocycles. The SMILES string of the molecule is Cc1[nH]ccc1C(=O)N1CCCC(C(=O)NCCN)C1.Cl. The van der Waals surface area contributed by atoms with Crippen LogP contribution in [0.1, 0.15) is 28.9 Å². The highest BCUT2D eigenvalue weighted by Gasteiger charge is 2.29. The van der Waals surface area contributed by atoms with E-state index in [0.29, 0.717) is 31.7 Å². The summed E-state index contributed by atoms with van der Waals surface area (Å²) in [6.45, 7) is 4.00. The monoisotopic (exact) mass is 314 g/mol. The number of nitrogens with one attached hydrogen (secondary N) is 2. The second-order valence-corrected chi connectivity index (χ2v) is 5.19. The number of nitrogens with two attached hydrogens (primary N) is 1. The minimum atomic E-state index is -0.126. The van der Waals surface area contributed by atoms with Crippen molar-refractivity contribution in [1.29, 1.82) is 0 Å². The third-order valence-electron chi connectivity index (χ3n) is 3.71. The smallest absolute Gasteiger partial charge is 0.255 e. The van der Waals surface area contributed by atoms with Crippen LogP contribution in [-0.2, 0) is 4.79 Å². The lowest BCUT2D eigenvalue weighted by Crippen LogP contribution is -2.46. The quantitative estimate of drug-likeness (QED) is 0.763. The number of hydrogen-bond acceptors (Lipinski definition) is 3. The predicted molar refractivity (Wildman–Crippen MR) is 83.5 cm³/mol. The number of carbonyl (C=O) groups is 2. The summed E-state index contributed by atoms with van der Waals surface area (Å²) in [7, 11) is 0. The van der Waals surface area contributed by atoms with E-state index >= 15 is 0 Å². The molecule has 1 aromatic heterocycles. The summed E-state index contributed by atoms with van der Waals surface area (Å²) in [6.07, 6.45) is 3.44. The van der Waals surface area contributed by atoms with Crippen LogP contribution in [0.2, 0.25) is 0 Å². The lowest BCUT2D eigenvalue weighted by atomic mass is 9.96. The maximum absolute atomic E-state index is 12.4. The van der Waals surface area contributed by atoms with Crippen LogP contribution in [0.15, 0.2) is 12.3 Å². The zero-order valence-electron chi connectivity index (χ0n) is 12.2. The molecule has 118 valence electrons. The molecule has 1 saturated heterocycles. The molecule has 6 nitrogen and oxygen atoms in total. The Morgan fingerprint density at radius 2 is 2.29 bits per heavy atom. The van der Waals surface area contributed by atoms with Crippen molar-refractivity contribution in [3.8, 4) is 0 Å². The summed E-state index contributed by atoms with van der Waals surface area (Å²) in [4.78, 5) is 29.2.